The Labute approximate surface area is 163 Å². The van der Waals surface area contributed by atoms with Crippen LogP contribution < -0.4 is 5.32 Å². The predicted octanol–water partition coefficient (Wildman–Crippen LogP) is 4.53. The standard InChI is InChI=1S/C18H15ClF2N4OS/c1-10(17(26)22-15-13(20)4-3-5-14(15)21)27-18-24-23-16(25(18)2)11-6-8-12(19)9-7-11/h3-10H,1-2H3,(H,22,26)/t10-/m1/s1. The molecule has 140 valence electrons. The number of carbonyl (C=O) groups excluding carboxylic acids is 1. The van der Waals surface area contributed by atoms with Crippen LogP contribution in [-0.2, 0) is 11.8 Å². The highest BCUT2D eigenvalue weighted by Gasteiger charge is 2.21. The molecule has 0 spiro atoms. The molecule has 0 radical (unpaired) electrons. The molecule has 0 unspecified atom stereocenters. The SMILES string of the molecule is C[C@@H](Sc1nnc(-c2ccc(Cl)cc2)n1C)C(=O)Nc1c(F)cccc1F. The molecule has 27 heavy (non-hydrogen) atoms. The molecule has 0 aliphatic rings. The van der Waals surface area contributed by atoms with Gasteiger partial charge in [0.25, 0.3) is 0 Å². The number of halogens is 3. The largest absolute Gasteiger partial charge is 0.320 e. The van der Waals surface area contributed by atoms with Crippen LogP contribution in [0, 0.1) is 11.6 Å². The fourth-order valence-electron chi connectivity index (χ4n) is 2.32. The van der Waals surface area contributed by atoms with Crippen molar-refractivity contribution in [3.05, 3.63) is 59.1 Å². The Morgan fingerprint density at radius 2 is 1.78 bits per heavy atom. The Kier molecular flexibility index (Phi) is 5.76. The second-order valence-electron chi connectivity index (χ2n) is 5.72. The number of carbonyl (C=O) groups is 1. The minimum atomic E-state index is -0.829. The maximum absolute atomic E-state index is 13.7. The predicted molar refractivity (Wildman–Crippen MR) is 102 cm³/mol. The first kappa shape index (κ1) is 19.3. The minimum absolute atomic E-state index is 0.463. The molecule has 1 amide bonds. The van der Waals surface area contributed by atoms with Gasteiger partial charge in [0.1, 0.15) is 17.3 Å². The summed E-state index contributed by atoms with van der Waals surface area (Å²) in [5.74, 6) is -1.59. The highest BCUT2D eigenvalue weighted by Crippen LogP contribution is 2.27. The molecule has 0 fully saturated rings. The zero-order valence-electron chi connectivity index (χ0n) is 14.4. The first-order valence-electron chi connectivity index (χ1n) is 7.93. The van der Waals surface area contributed by atoms with Gasteiger partial charge in [-0.05, 0) is 43.3 Å². The van der Waals surface area contributed by atoms with E-state index in [1.165, 1.54) is 6.07 Å². The molecule has 5 nitrogen and oxygen atoms in total. The minimum Gasteiger partial charge on any atom is -0.320 e. The van der Waals surface area contributed by atoms with Crippen molar-refractivity contribution in [1.82, 2.24) is 14.8 Å². The van der Waals surface area contributed by atoms with E-state index in [9.17, 15) is 13.6 Å². The van der Waals surface area contributed by atoms with Crippen molar-refractivity contribution in [1.29, 1.82) is 0 Å². The number of hydrogen-bond acceptors (Lipinski definition) is 4. The number of thioether (sulfide) groups is 1. The number of hydrogen-bond donors (Lipinski definition) is 1. The number of amides is 1. The van der Waals surface area contributed by atoms with Crippen molar-refractivity contribution in [3.8, 4) is 11.4 Å². The van der Waals surface area contributed by atoms with Gasteiger partial charge in [-0.2, -0.15) is 0 Å². The van der Waals surface area contributed by atoms with Crippen LogP contribution in [0.4, 0.5) is 14.5 Å². The van der Waals surface area contributed by atoms with E-state index < -0.39 is 28.5 Å². The molecule has 9 heteroatoms. The lowest BCUT2D eigenvalue weighted by Crippen LogP contribution is -2.24. The summed E-state index contributed by atoms with van der Waals surface area (Å²) in [7, 11) is 1.77. The van der Waals surface area contributed by atoms with Crippen LogP contribution in [0.3, 0.4) is 0 Å². The Hall–Kier alpha value is -2.45. The molecule has 0 saturated carbocycles. The Morgan fingerprint density at radius 3 is 2.41 bits per heavy atom. The maximum atomic E-state index is 13.7. The molecule has 3 aromatic rings. The van der Waals surface area contributed by atoms with Gasteiger partial charge in [-0.3, -0.25) is 4.79 Å². The van der Waals surface area contributed by atoms with Gasteiger partial charge in [0, 0.05) is 17.6 Å². The average molecular weight is 409 g/mol. The van der Waals surface area contributed by atoms with E-state index in [2.05, 4.69) is 15.5 Å². The third-order valence-electron chi connectivity index (χ3n) is 3.80. The number of anilines is 1. The molecule has 0 aliphatic heterocycles. The van der Waals surface area contributed by atoms with Crippen molar-refractivity contribution in [3.63, 3.8) is 0 Å². The third-order valence-corrected chi connectivity index (χ3v) is 5.19. The molecule has 1 atom stereocenters. The highest BCUT2D eigenvalue weighted by atomic mass is 35.5. The van der Waals surface area contributed by atoms with Crippen LogP contribution in [0.2, 0.25) is 5.02 Å². The molecule has 1 heterocycles. The summed E-state index contributed by atoms with van der Waals surface area (Å²) in [6.07, 6.45) is 0. The zero-order chi connectivity index (χ0) is 19.6. The first-order valence-corrected chi connectivity index (χ1v) is 9.19. The molecule has 2 aromatic carbocycles. The van der Waals surface area contributed by atoms with E-state index in [0.29, 0.717) is 16.0 Å². The molecule has 0 aliphatic carbocycles. The van der Waals surface area contributed by atoms with Crippen molar-refractivity contribution in [2.75, 3.05) is 5.32 Å². The molecule has 1 aromatic heterocycles. The Balaban J connectivity index is 1.73. The van der Waals surface area contributed by atoms with Crippen LogP contribution in [-0.4, -0.2) is 25.9 Å². The van der Waals surface area contributed by atoms with Gasteiger partial charge < -0.3 is 9.88 Å². The quantitative estimate of drug-likeness (QED) is 0.630. The number of nitrogens with one attached hydrogen (secondary N) is 1. The van der Waals surface area contributed by atoms with Crippen molar-refractivity contribution < 1.29 is 13.6 Å². The molecule has 1 N–H and O–H groups in total. The molecular weight excluding hydrogens is 394 g/mol. The first-order chi connectivity index (χ1) is 12.9. The van der Waals surface area contributed by atoms with Crippen LogP contribution >= 0.6 is 23.4 Å². The lowest BCUT2D eigenvalue weighted by molar-refractivity contribution is -0.115. The van der Waals surface area contributed by atoms with E-state index in [1.807, 2.05) is 12.1 Å². The molecule has 3 rings (SSSR count). The van der Waals surface area contributed by atoms with E-state index in [1.54, 1.807) is 30.7 Å². The van der Waals surface area contributed by atoms with Gasteiger partial charge in [-0.1, -0.05) is 29.4 Å². The van der Waals surface area contributed by atoms with Gasteiger partial charge in [0.2, 0.25) is 5.91 Å². The van der Waals surface area contributed by atoms with Crippen LogP contribution in [0.25, 0.3) is 11.4 Å². The van der Waals surface area contributed by atoms with Crippen LogP contribution in [0.15, 0.2) is 47.6 Å². The summed E-state index contributed by atoms with van der Waals surface area (Å²) < 4.78 is 29.1. The van der Waals surface area contributed by atoms with Gasteiger partial charge in [-0.15, -0.1) is 10.2 Å². The second kappa shape index (κ2) is 8.06. The molecule has 0 saturated heterocycles. The lowest BCUT2D eigenvalue weighted by Gasteiger charge is -2.12. The maximum Gasteiger partial charge on any atom is 0.237 e. The van der Waals surface area contributed by atoms with E-state index in [0.717, 1.165) is 29.5 Å². The number of para-hydroxylation sites is 1. The number of rotatable bonds is 5. The van der Waals surface area contributed by atoms with Gasteiger partial charge in [-0.25, -0.2) is 8.78 Å². The number of benzene rings is 2. The third kappa shape index (κ3) is 4.28. The van der Waals surface area contributed by atoms with Gasteiger partial charge in [0.15, 0.2) is 11.0 Å². The van der Waals surface area contributed by atoms with Gasteiger partial charge >= 0.3 is 0 Å². The summed E-state index contributed by atoms with van der Waals surface area (Å²) in [4.78, 5) is 12.3. The van der Waals surface area contributed by atoms with Crippen LogP contribution in [0.1, 0.15) is 6.92 Å². The summed E-state index contributed by atoms with van der Waals surface area (Å²) in [5, 5.41) is 11.0. The smallest absolute Gasteiger partial charge is 0.237 e. The summed E-state index contributed by atoms with van der Waals surface area (Å²) in [5.41, 5.74) is 0.363. The van der Waals surface area contributed by atoms with E-state index in [-0.39, 0.29) is 0 Å². The van der Waals surface area contributed by atoms with E-state index >= 15 is 0 Å². The Morgan fingerprint density at radius 1 is 1.15 bits per heavy atom. The topological polar surface area (TPSA) is 59.8 Å². The normalized spacial score (nSPS) is 12.0. The monoisotopic (exact) mass is 408 g/mol. The second-order valence-corrected chi connectivity index (χ2v) is 7.46. The average Bonchev–Trinajstić information content (AvgIpc) is 2.99. The summed E-state index contributed by atoms with van der Waals surface area (Å²) in [6.45, 7) is 1.62. The fraction of sp³-hybridized carbons (Fsp3) is 0.167. The zero-order valence-corrected chi connectivity index (χ0v) is 16.0. The summed E-state index contributed by atoms with van der Waals surface area (Å²) >= 11 is 7.03. The molecular formula is C18H15ClF2N4OS. The fourth-order valence-corrected chi connectivity index (χ4v) is 3.26. The van der Waals surface area contributed by atoms with Crippen molar-refractivity contribution in [2.24, 2.45) is 7.05 Å². The number of nitrogens with zero attached hydrogens (tertiary/aromatic N) is 3. The summed E-state index contributed by atoms with van der Waals surface area (Å²) in [6, 6.07) is 10.5. The van der Waals surface area contributed by atoms with Crippen molar-refractivity contribution in [2.45, 2.75) is 17.3 Å². The number of aromatic nitrogens is 3. The van der Waals surface area contributed by atoms with Crippen molar-refractivity contribution >= 4 is 35.0 Å². The van der Waals surface area contributed by atoms with Gasteiger partial charge in [0.05, 0.1) is 5.25 Å². The molecule has 0 bridgehead atoms. The van der Waals surface area contributed by atoms with Crippen LogP contribution in [0.5, 0.6) is 0 Å². The highest BCUT2D eigenvalue weighted by molar-refractivity contribution is 8.00. The lowest BCUT2D eigenvalue weighted by atomic mass is 10.2. The van der Waals surface area contributed by atoms with E-state index in [4.69, 9.17) is 11.6 Å². The Bertz CT molecular complexity index is 958.